The molecule has 1 unspecified atom stereocenters. The van der Waals surface area contributed by atoms with Crippen LogP contribution in [-0.4, -0.2) is 66.1 Å². The lowest BCUT2D eigenvalue weighted by Gasteiger charge is -2.30. The van der Waals surface area contributed by atoms with Crippen molar-refractivity contribution in [1.29, 1.82) is 0 Å². The van der Waals surface area contributed by atoms with Crippen molar-refractivity contribution >= 4 is 0 Å². The van der Waals surface area contributed by atoms with Gasteiger partial charge in [-0.15, -0.1) is 0 Å². The van der Waals surface area contributed by atoms with Crippen LogP contribution in [0.25, 0.3) is 0 Å². The SMILES string of the molecule is OCCC(CO)(CCO)COCC(O)CNCc1ccccc1. The van der Waals surface area contributed by atoms with Crippen LogP contribution >= 0.6 is 0 Å². The summed E-state index contributed by atoms with van der Waals surface area (Å²) in [5.74, 6) is 0. The highest BCUT2D eigenvalue weighted by atomic mass is 16.5. The third-order valence-corrected chi connectivity index (χ3v) is 3.89. The minimum Gasteiger partial charge on any atom is -0.396 e. The van der Waals surface area contributed by atoms with Crippen LogP contribution in [0.4, 0.5) is 0 Å². The molecule has 0 heterocycles. The molecule has 1 atom stereocenters. The maximum absolute atomic E-state index is 9.91. The van der Waals surface area contributed by atoms with Crippen molar-refractivity contribution in [3.8, 4) is 0 Å². The van der Waals surface area contributed by atoms with Crippen LogP contribution in [0.5, 0.6) is 0 Å². The van der Waals surface area contributed by atoms with E-state index in [4.69, 9.17) is 14.9 Å². The van der Waals surface area contributed by atoms with Gasteiger partial charge in [0, 0.05) is 31.7 Å². The van der Waals surface area contributed by atoms with Crippen molar-refractivity contribution in [3.05, 3.63) is 35.9 Å². The first-order valence-electron chi connectivity index (χ1n) is 7.99. The van der Waals surface area contributed by atoms with Gasteiger partial charge in [0.05, 0.1) is 25.9 Å². The van der Waals surface area contributed by atoms with Gasteiger partial charge in [0.1, 0.15) is 0 Å². The molecule has 0 aliphatic rings. The molecule has 1 aromatic rings. The first-order chi connectivity index (χ1) is 11.2. The van der Waals surface area contributed by atoms with E-state index in [0.29, 0.717) is 25.9 Å². The van der Waals surface area contributed by atoms with Gasteiger partial charge in [-0.2, -0.15) is 0 Å². The Kier molecular flexibility index (Phi) is 10.0. The molecule has 0 saturated carbocycles. The fraction of sp³-hybridized carbons (Fsp3) is 0.647. The fourth-order valence-corrected chi connectivity index (χ4v) is 2.40. The van der Waals surface area contributed by atoms with Crippen molar-refractivity contribution in [1.82, 2.24) is 5.32 Å². The maximum Gasteiger partial charge on any atom is 0.0897 e. The number of rotatable bonds is 13. The summed E-state index contributed by atoms with van der Waals surface area (Å²) in [4.78, 5) is 0. The highest BCUT2D eigenvalue weighted by Gasteiger charge is 2.29. The Morgan fingerprint density at radius 1 is 1.04 bits per heavy atom. The quantitative estimate of drug-likeness (QED) is 0.347. The summed E-state index contributed by atoms with van der Waals surface area (Å²) in [5.41, 5.74) is 0.492. The van der Waals surface area contributed by atoms with Gasteiger partial charge in [0.15, 0.2) is 0 Å². The van der Waals surface area contributed by atoms with Crippen molar-refractivity contribution in [2.45, 2.75) is 25.5 Å². The summed E-state index contributed by atoms with van der Waals surface area (Å²) in [6.45, 7) is 1.09. The molecule has 0 spiro atoms. The number of nitrogens with one attached hydrogen (secondary N) is 1. The van der Waals surface area contributed by atoms with E-state index in [0.717, 1.165) is 5.56 Å². The van der Waals surface area contributed by atoms with E-state index >= 15 is 0 Å². The molecule has 0 bridgehead atoms. The van der Waals surface area contributed by atoms with Crippen LogP contribution in [0.1, 0.15) is 18.4 Å². The molecule has 5 N–H and O–H groups in total. The molecular weight excluding hydrogens is 298 g/mol. The number of hydrogen-bond donors (Lipinski definition) is 5. The summed E-state index contributed by atoms with van der Waals surface area (Å²) in [5, 5.41) is 40.7. The second-order valence-electron chi connectivity index (χ2n) is 5.89. The Balaban J connectivity index is 2.24. The van der Waals surface area contributed by atoms with E-state index in [1.807, 2.05) is 30.3 Å². The Morgan fingerprint density at radius 3 is 2.26 bits per heavy atom. The molecule has 132 valence electrons. The first-order valence-corrected chi connectivity index (χ1v) is 7.99. The van der Waals surface area contributed by atoms with Crippen molar-refractivity contribution in [3.63, 3.8) is 0 Å². The Hall–Kier alpha value is -1.02. The average molecular weight is 327 g/mol. The van der Waals surface area contributed by atoms with E-state index in [-0.39, 0.29) is 33.0 Å². The van der Waals surface area contributed by atoms with Crippen LogP contribution < -0.4 is 5.32 Å². The van der Waals surface area contributed by atoms with Crippen molar-refractivity contribution in [2.75, 3.05) is 39.6 Å². The van der Waals surface area contributed by atoms with Crippen molar-refractivity contribution in [2.24, 2.45) is 5.41 Å². The molecule has 0 saturated heterocycles. The van der Waals surface area contributed by atoms with Crippen LogP contribution in [0.15, 0.2) is 30.3 Å². The molecule has 6 nitrogen and oxygen atoms in total. The largest absolute Gasteiger partial charge is 0.396 e. The Morgan fingerprint density at radius 2 is 1.70 bits per heavy atom. The second-order valence-corrected chi connectivity index (χ2v) is 5.89. The van der Waals surface area contributed by atoms with E-state index < -0.39 is 11.5 Å². The van der Waals surface area contributed by atoms with E-state index in [2.05, 4.69) is 5.32 Å². The molecule has 0 amide bonds. The topological polar surface area (TPSA) is 102 Å². The zero-order chi connectivity index (χ0) is 17.0. The predicted molar refractivity (Wildman–Crippen MR) is 87.9 cm³/mol. The Labute approximate surface area is 137 Å². The molecule has 0 radical (unpaired) electrons. The van der Waals surface area contributed by atoms with Gasteiger partial charge >= 0.3 is 0 Å². The minimum atomic E-state index is -0.654. The van der Waals surface area contributed by atoms with Crippen LogP contribution in [0, 0.1) is 5.41 Å². The summed E-state index contributed by atoms with van der Waals surface area (Å²) in [7, 11) is 0. The zero-order valence-electron chi connectivity index (χ0n) is 13.5. The fourth-order valence-electron chi connectivity index (χ4n) is 2.40. The lowest BCUT2D eigenvalue weighted by atomic mass is 9.83. The number of hydrogen-bond acceptors (Lipinski definition) is 6. The third-order valence-electron chi connectivity index (χ3n) is 3.89. The van der Waals surface area contributed by atoms with E-state index in [1.165, 1.54) is 0 Å². The van der Waals surface area contributed by atoms with Crippen LogP contribution in [0.3, 0.4) is 0 Å². The van der Waals surface area contributed by atoms with Gasteiger partial charge in [-0.25, -0.2) is 0 Å². The molecule has 1 aromatic carbocycles. The average Bonchev–Trinajstić information content (AvgIpc) is 2.56. The Bertz CT molecular complexity index is 395. The van der Waals surface area contributed by atoms with Crippen LogP contribution in [0.2, 0.25) is 0 Å². The summed E-state index contributed by atoms with van der Waals surface area (Å²) < 4.78 is 5.49. The number of aliphatic hydroxyl groups excluding tert-OH is 4. The van der Waals surface area contributed by atoms with Crippen LogP contribution in [-0.2, 0) is 11.3 Å². The van der Waals surface area contributed by atoms with Crippen molar-refractivity contribution < 1.29 is 25.2 Å². The standard InChI is InChI=1S/C17H29NO5/c19-8-6-17(13-21,7-9-20)14-23-12-16(22)11-18-10-15-4-2-1-3-5-15/h1-5,16,18-22H,6-14H2. The van der Waals surface area contributed by atoms with E-state index in [1.54, 1.807) is 0 Å². The normalized spacial score (nSPS) is 13.2. The lowest BCUT2D eigenvalue weighted by Crippen LogP contribution is -2.36. The first kappa shape index (κ1) is 20.0. The van der Waals surface area contributed by atoms with Gasteiger partial charge in [-0.3, -0.25) is 0 Å². The monoisotopic (exact) mass is 327 g/mol. The highest BCUT2D eigenvalue weighted by Crippen LogP contribution is 2.26. The molecule has 23 heavy (non-hydrogen) atoms. The molecule has 0 aliphatic carbocycles. The number of aliphatic hydroxyl groups is 4. The molecule has 0 aliphatic heterocycles. The lowest BCUT2D eigenvalue weighted by molar-refractivity contribution is -0.0454. The van der Waals surface area contributed by atoms with Gasteiger partial charge < -0.3 is 30.5 Å². The van der Waals surface area contributed by atoms with Gasteiger partial charge in [0.2, 0.25) is 0 Å². The zero-order valence-corrected chi connectivity index (χ0v) is 13.5. The summed E-state index contributed by atoms with van der Waals surface area (Å²) in [6, 6.07) is 9.91. The maximum atomic E-state index is 9.91. The van der Waals surface area contributed by atoms with Gasteiger partial charge in [-0.05, 0) is 18.4 Å². The van der Waals surface area contributed by atoms with Gasteiger partial charge in [-0.1, -0.05) is 30.3 Å². The summed E-state index contributed by atoms with van der Waals surface area (Å²) in [6.07, 6.45) is 0.0529. The second kappa shape index (κ2) is 11.5. The third kappa shape index (κ3) is 7.87. The minimum absolute atomic E-state index is 0.0783. The number of benzene rings is 1. The van der Waals surface area contributed by atoms with Gasteiger partial charge in [0.25, 0.3) is 0 Å². The summed E-state index contributed by atoms with van der Waals surface area (Å²) >= 11 is 0. The molecule has 6 heteroatoms. The predicted octanol–water partition coefficient (Wildman–Crippen LogP) is -0.103. The molecular formula is C17H29NO5. The van der Waals surface area contributed by atoms with E-state index in [9.17, 15) is 10.2 Å². The highest BCUT2D eigenvalue weighted by molar-refractivity contribution is 5.14. The molecule has 0 aromatic heterocycles. The smallest absolute Gasteiger partial charge is 0.0897 e. The number of ether oxygens (including phenoxy) is 1. The molecule has 0 fully saturated rings. The molecule has 1 rings (SSSR count).